The molecule has 2 unspecified atom stereocenters. The van der Waals surface area contributed by atoms with Crippen LogP contribution < -0.4 is 5.73 Å². The summed E-state index contributed by atoms with van der Waals surface area (Å²) in [4.78, 5) is 7.11. The maximum atomic E-state index is 5.65. The van der Waals surface area contributed by atoms with Crippen molar-refractivity contribution >= 4 is 0 Å². The molecule has 1 aromatic rings. The Kier molecular flexibility index (Phi) is 4.78. The Morgan fingerprint density at radius 1 is 1.56 bits per heavy atom. The number of aromatic nitrogens is 1. The molecule has 18 heavy (non-hydrogen) atoms. The van der Waals surface area contributed by atoms with Gasteiger partial charge in [0.15, 0.2) is 5.89 Å². The monoisotopic (exact) mass is 251 g/mol. The normalized spacial score (nSPS) is 23.2. The second-order valence-electron chi connectivity index (χ2n) is 5.29. The van der Waals surface area contributed by atoms with Gasteiger partial charge in [0.25, 0.3) is 0 Å². The Morgan fingerprint density at radius 3 is 3.11 bits per heavy atom. The van der Waals surface area contributed by atoms with Crippen molar-refractivity contribution in [3.8, 4) is 0 Å². The number of likely N-dealkylation sites (N-methyl/N-ethyl adjacent to an activating group) is 1. The first-order valence-electron chi connectivity index (χ1n) is 7.13. The van der Waals surface area contributed by atoms with E-state index in [1.54, 1.807) is 6.26 Å². The highest BCUT2D eigenvalue weighted by Gasteiger charge is 2.23. The van der Waals surface area contributed by atoms with E-state index in [1.807, 2.05) is 0 Å². The summed E-state index contributed by atoms with van der Waals surface area (Å²) in [5.41, 5.74) is 6.64. The largest absolute Gasteiger partial charge is 0.449 e. The molecule has 0 radical (unpaired) electrons. The highest BCUT2D eigenvalue weighted by molar-refractivity contribution is 5.04. The van der Waals surface area contributed by atoms with Crippen molar-refractivity contribution < 1.29 is 4.42 Å². The van der Waals surface area contributed by atoms with Gasteiger partial charge in [-0.15, -0.1) is 0 Å². The molecule has 0 saturated carbocycles. The van der Waals surface area contributed by atoms with Crippen LogP contribution in [-0.2, 0) is 6.42 Å². The third-order valence-electron chi connectivity index (χ3n) is 3.99. The molecule has 1 aromatic heterocycles. The summed E-state index contributed by atoms with van der Waals surface area (Å²) >= 11 is 0. The molecule has 2 rings (SSSR count). The lowest BCUT2D eigenvalue weighted by atomic mass is 9.99. The van der Waals surface area contributed by atoms with E-state index in [4.69, 9.17) is 10.2 Å². The van der Waals surface area contributed by atoms with Crippen LogP contribution in [0.1, 0.15) is 50.6 Å². The van der Waals surface area contributed by atoms with Crippen LogP contribution in [-0.4, -0.2) is 35.6 Å². The van der Waals surface area contributed by atoms with Crippen LogP contribution in [0, 0.1) is 0 Å². The molecule has 1 aliphatic heterocycles. The molecule has 0 spiro atoms. The topological polar surface area (TPSA) is 55.3 Å². The van der Waals surface area contributed by atoms with Crippen molar-refractivity contribution in [2.75, 3.05) is 19.6 Å². The average Bonchev–Trinajstić information content (AvgIpc) is 2.87. The highest BCUT2D eigenvalue weighted by Crippen LogP contribution is 2.21. The van der Waals surface area contributed by atoms with Crippen molar-refractivity contribution in [1.29, 1.82) is 0 Å². The molecule has 0 bridgehead atoms. The van der Waals surface area contributed by atoms with Gasteiger partial charge < -0.3 is 15.1 Å². The first-order valence-corrected chi connectivity index (χ1v) is 7.13. The van der Waals surface area contributed by atoms with Gasteiger partial charge in [0.2, 0.25) is 0 Å². The summed E-state index contributed by atoms with van der Waals surface area (Å²) in [7, 11) is 0. The third-order valence-corrected chi connectivity index (χ3v) is 3.99. The number of nitrogens with two attached hydrogens (primary N) is 1. The lowest BCUT2D eigenvalue weighted by Gasteiger charge is -2.34. The minimum atomic E-state index is 0.288. The average molecular weight is 251 g/mol. The molecule has 2 atom stereocenters. The van der Waals surface area contributed by atoms with E-state index in [1.165, 1.54) is 25.8 Å². The number of hydrogen-bond acceptors (Lipinski definition) is 4. The molecule has 2 heterocycles. The standard InChI is InChI=1S/C14H25N3O/c1-3-17-7-5-4-6-12(17)8-14-16-13(10-18-14)11(2)9-15/h10-12H,3-9,15H2,1-2H3. The number of rotatable bonds is 5. The molecule has 4 nitrogen and oxygen atoms in total. The van der Waals surface area contributed by atoms with Gasteiger partial charge in [0.05, 0.1) is 5.69 Å². The maximum Gasteiger partial charge on any atom is 0.195 e. The summed E-state index contributed by atoms with van der Waals surface area (Å²) in [6, 6.07) is 0.600. The fourth-order valence-corrected chi connectivity index (χ4v) is 2.67. The predicted molar refractivity (Wildman–Crippen MR) is 72.6 cm³/mol. The van der Waals surface area contributed by atoms with Crippen molar-refractivity contribution in [2.45, 2.75) is 51.5 Å². The van der Waals surface area contributed by atoms with Crippen molar-refractivity contribution in [3.05, 3.63) is 17.8 Å². The van der Waals surface area contributed by atoms with E-state index in [0.29, 0.717) is 12.6 Å². The van der Waals surface area contributed by atoms with Gasteiger partial charge in [-0.2, -0.15) is 0 Å². The van der Waals surface area contributed by atoms with Crippen LogP contribution >= 0.6 is 0 Å². The van der Waals surface area contributed by atoms with Crippen LogP contribution in [0.4, 0.5) is 0 Å². The molecular weight excluding hydrogens is 226 g/mol. The Balaban J connectivity index is 1.97. The molecule has 4 heteroatoms. The summed E-state index contributed by atoms with van der Waals surface area (Å²) < 4.78 is 5.59. The number of likely N-dealkylation sites (tertiary alicyclic amines) is 1. The van der Waals surface area contributed by atoms with Crippen LogP contribution in [0.3, 0.4) is 0 Å². The Bertz CT molecular complexity index is 364. The van der Waals surface area contributed by atoms with E-state index in [-0.39, 0.29) is 5.92 Å². The fraction of sp³-hybridized carbons (Fsp3) is 0.786. The number of oxazole rings is 1. The van der Waals surface area contributed by atoms with Crippen LogP contribution in [0.2, 0.25) is 0 Å². The minimum absolute atomic E-state index is 0.288. The first kappa shape index (κ1) is 13.6. The van der Waals surface area contributed by atoms with E-state index in [9.17, 15) is 0 Å². The fourth-order valence-electron chi connectivity index (χ4n) is 2.67. The summed E-state index contributed by atoms with van der Waals surface area (Å²) in [6.45, 7) is 7.28. The lowest BCUT2D eigenvalue weighted by Crippen LogP contribution is -2.40. The Labute approximate surface area is 110 Å². The molecule has 0 aromatic carbocycles. The van der Waals surface area contributed by atoms with Crippen LogP contribution in [0.15, 0.2) is 10.7 Å². The van der Waals surface area contributed by atoms with Crippen LogP contribution in [0.5, 0.6) is 0 Å². The van der Waals surface area contributed by atoms with Gasteiger partial charge >= 0.3 is 0 Å². The second kappa shape index (κ2) is 6.34. The van der Waals surface area contributed by atoms with Crippen molar-refractivity contribution in [3.63, 3.8) is 0 Å². The summed E-state index contributed by atoms with van der Waals surface area (Å²) in [5.74, 6) is 1.16. The minimum Gasteiger partial charge on any atom is -0.449 e. The second-order valence-corrected chi connectivity index (χ2v) is 5.29. The molecule has 1 fully saturated rings. The molecule has 102 valence electrons. The zero-order valence-corrected chi connectivity index (χ0v) is 11.6. The molecule has 2 N–H and O–H groups in total. The van der Waals surface area contributed by atoms with Crippen molar-refractivity contribution in [2.24, 2.45) is 5.73 Å². The molecule has 1 saturated heterocycles. The van der Waals surface area contributed by atoms with Crippen molar-refractivity contribution in [1.82, 2.24) is 9.88 Å². The SMILES string of the molecule is CCN1CCCCC1Cc1nc(C(C)CN)co1. The van der Waals surface area contributed by atoms with E-state index < -0.39 is 0 Å². The van der Waals surface area contributed by atoms with E-state index >= 15 is 0 Å². The van der Waals surface area contributed by atoms with Gasteiger partial charge in [-0.25, -0.2) is 4.98 Å². The third kappa shape index (κ3) is 3.12. The Morgan fingerprint density at radius 2 is 2.39 bits per heavy atom. The van der Waals surface area contributed by atoms with E-state index in [0.717, 1.165) is 24.6 Å². The zero-order chi connectivity index (χ0) is 13.0. The molecule has 1 aliphatic rings. The maximum absolute atomic E-state index is 5.65. The smallest absolute Gasteiger partial charge is 0.195 e. The molecule has 0 aliphatic carbocycles. The predicted octanol–water partition coefficient (Wildman–Crippen LogP) is 2.15. The zero-order valence-electron chi connectivity index (χ0n) is 11.6. The Hall–Kier alpha value is -0.870. The summed E-state index contributed by atoms with van der Waals surface area (Å²) in [5, 5.41) is 0. The van der Waals surface area contributed by atoms with Gasteiger partial charge in [0, 0.05) is 24.9 Å². The quantitative estimate of drug-likeness (QED) is 0.871. The number of hydrogen-bond donors (Lipinski definition) is 1. The number of nitrogens with zero attached hydrogens (tertiary/aromatic N) is 2. The van der Waals surface area contributed by atoms with E-state index in [2.05, 4.69) is 23.7 Å². The molecular formula is C14H25N3O. The van der Waals surface area contributed by atoms with Gasteiger partial charge in [0.1, 0.15) is 6.26 Å². The van der Waals surface area contributed by atoms with Gasteiger partial charge in [-0.05, 0) is 25.9 Å². The highest BCUT2D eigenvalue weighted by atomic mass is 16.3. The number of piperidine rings is 1. The van der Waals surface area contributed by atoms with Gasteiger partial charge in [-0.1, -0.05) is 20.3 Å². The molecule has 0 amide bonds. The summed E-state index contributed by atoms with van der Waals surface area (Å²) in [6.07, 6.45) is 6.62. The lowest BCUT2D eigenvalue weighted by molar-refractivity contribution is 0.149. The van der Waals surface area contributed by atoms with Gasteiger partial charge in [-0.3, -0.25) is 0 Å². The first-order chi connectivity index (χ1) is 8.74. The van der Waals surface area contributed by atoms with Crippen LogP contribution in [0.25, 0.3) is 0 Å².